The van der Waals surface area contributed by atoms with E-state index in [4.69, 9.17) is 4.74 Å². The van der Waals surface area contributed by atoms with Gasteiger partial charge in [0.2, 0.25) is 0 Å². The van der Waals surface area contributed by atoms with Crippen LogP contribution < -0.4 is 15.4 Å². The van der Waals surface area contributed by atoms with Crippen molar-refractivity contribution in [3.63, 3.8) is 0 Å². The Morgan fingerprint density at radius 3 is 2.64 bits per heavy atom. The van der Waals surface area contributed by atoms with Crippen LogP contribution >= 0.6 is 0 Å². The van der Waals surface area contributed by atoms with Gasteiger partial charge in [-0.3, -0.25) is 4.99 Å². The Kier molecular flexibility index (Phi) is 7.74. The van der Waals surface area contributed by atoms with Gasteiger partial charge in [-0.05, 0) is 39.4 Å². The average molecular weight is 306 g/mol. The number of methoxy groups -OCH3 is 1. The van der Waals surface area contributed by atoms with Gasteiger partial charge in [0.25, 0.3) is 0 Å². The molecule has 0 aliphatic rings. The van der Waals surface area contributed by atoms with E-state index in [0.29, 0.717) is 12.6 Å². The normalized spacial score (nSPS) is 11.9. The molecule has 5 heteroatoms. The molecule has 0 fully saturated rings. The first-order valence-corrected chi connectivity index (χ1v) is 7.76. The fourth-order valence-electron chi connectivity index (χ4n) is 2.01. The van der Waals surface area contributed by atoms with Crippen molar-refractivity contribution in [1.29, 1.82) is 0 Å². The number of nitrogens with zero attached hydrogens (tertiary/aromatic N) is 2. The predicted molar refractivity (Wildman–Crippen MR) is 93.7 cm³/mol. The van der Waals surface area contributed by atoms with Gasteiger partial charge in [0.15, 0.2) is 5.96 Å². The van der Waals surface area contributed by atoms with Crippen molar-refractivity contribution in [1.82, 2.24) is 15.5 Å². The minimum atomic E-state index is 0.550. The number of hydrogen-bond donors (Lipinski definition) is 2. The maximum absolute atomic E-state index is 5.42. The lowest BCUT2D eigenvalue weighted by molar-refractivity contribution is 0.278. The lowest BCUT2D eigenvalue weighted by Crippen LogP contribution is -2.41. The van der Waals surface area contributed by atoms with Crippen LogP contribution in [0, 0.1) is 6.92 Å². The fraction of sp³-hybridized carbons (Fsp3) is 0.588. The summed E-state index contributed by atoms with van der Waals surface area (Å²) >= 11 is 0. The zero-order valence-electron chi connectivity index (χ0n) is 14.7. The second-order valence-electron chi connectivity index (χ2n) is 5.74. The van der Waals surface area contributed by atoms with Crippen molar-refractivity contribution in [3.8, 4) is 5.75 Å². The van der Waals surface area contributed by atoms with Crippen molar-refractivity contribution < 1.29 is 4.74 Å². The van der Waals surface area contributed by atoms with E-state index in [2.05, 4.69) is 60.5 Å². The molecule has 0 saturated heterocycles. The van der Waals surface area contributed by atoms with Crippen LogP contribution in [0.3, 0.4) is 0 Å². The van der Waals surface area contributed by atoms with Crippen molar-refractivity contribution in [2.45, 2.75) is 33.4 Å². The van der Waals surface area contributed by atoms with Crippen LogP contribution in [0.5, 0.6) is 5.75 Å². The van der Waals surface area contributed by atoms with Gasteiger partial charge >= 0.3 is 0 Å². The van der Waals surface area contributed by atoms with E-state index in [1.54, 1.807) is 14.2 Å². The molecule has 0 aliphatic carbocycles. The Hall–Kier alpha value is -1.75. The molecule has 0 aromatic heterocycles. The molecule has 1 aromatic carbocycles. The number of aryl methyl sites for hydroxylation is 1. The van der Waals surface area contributed by atoms with Gasteiger partial charge in [-0.25, -0.2) is 0 Å². The van der Waals surface area contributed by atoms with Gasteiger partial charge in [-0.1, -0.05) is 12.1 Å². The second-order valence-corrected chi connectivity index (χ2v) is 5.74. The van der Waals surface area contributed by atoms with Crippen molar-refractivity contribution in [3.05, 3.63) is 29.3 Å². The topological polar surface area (TPSA) is 48.9 Å². The first-order valence-electron chi connectivity index (χ1n) is 7.76. The molecule has 0 amide bonds. The summed E-state index contributed by atoms with van der Waals surface area (Å²) < 4.78 is 5.42. The van der Waals surface area contributed by atoms with Gasteiger partial charge < -0.3 is 20.3 Å². The molecule has 5 nitrogen and oxygen atoms in total. The molecule has 1 rings (SSSR count). The molecule has 2 N–H and O–H groups in total. The minimum Gasteiger partial charge on any atom is -0.496 e. The first-order chi connectivity index (χ1) is 10.5. The predicted octanol–water partition coefficient (Wildman–Crippen LogP) is 2.01. The third-order valence-electron chi connectivity index (χ3n) is 3.75. The largest absolute Gasteiger partial charge is 0.496 e. The lowest BCUT2D eigenvalue weighted by atomic mass is 10.1. The van der Waals surface area contributed by atoms with E-state index in [1.807, 2.05) is 6.07 Å². The van der Waals surface area contributed by atoms with E-state index in [-0.39, 0.29) is 0 Å². The molecule has 0 spiro atoms. The zero-order valence-corrected chi connectivity index (χ0v) is 14.7. The van der Waals surface area contributed by atoms with E-state index in [1.165, 1.54) is 5.56 Å². The Morgan fingerprint density at radius 1 is 1.32 bits per heavy atom. The SMILES string of the molecule is CN=C(NCCN(C)C(C)C)NCc1ccc(C)cc1OC. The van der Waals surface area contributed by atoms with Crippen LogP contribution in [-0.4, -0.2) is 51.2 Å². The van der Waals surface area contributed by atoms with Crippen LogP contribution in [0.25, 0.3) is 0 Å². The quantitative estimate of drug-likeness (QED) is 0.598. The van der Waals surface area contributed by atoms with E-state index < -0.39 is 0 Å². The van der Waals surface area contributed by atoms with Crippen LogP contribution in [0.4, 0.5) is 0 Å². The highest BCUT2D eigenvalue weighted by Gasteiger charge is 2.06. The third kappa shape index (κ3) is 5.93. The summed E-state index contributed by atoms with van der Waals surface area (Å²) in [6.45, 7) is 8.97. The highest BCUT2D eigenvalue weighted by Crippen LogP contribution is 2.19. The summed E-state index contributed by atoms with van der Waals surface area (Å²) in [5, 5.41) is 6.65. The number of guanidine groups is 1. The smallest absolute Gasteiger partial charge is 0.191 e. The Labute approximate surface area is 134 Å². The summed E-state index contributed by atoms with van der Waals surface area (Å²) in [5.74, 6) is 1.71. The van der Waals surface area contributed by atoms with Crippen LogP contribution in [0.2, 0.25) is 0 Å². The molecule has 0 aliphatic heterocycles. The molecule has 0 saturated carbocycles. The van der Waals surface area contributed by atoms with Crippen molar-refractivity contribution in [2.24, 2.45) is 4.99 Å². The molecule has 22 heavy (non-hydrogen) atoms. The molecule has 0 bridgehead atoms. The summed E-state index contributed by atoms with van der Waals surface area (Å²) in [5.41, 5.74) is 2.31. The van der Waals surface area contributed by atoms with Gasteiger partial charge in [-0.2, -0.15) is 0 Å². The van der Waals surface area contributed by atoms with Crippen molar-refractivity contribution in [2.75, 3.05) is 34.3 Å². The van der Waals surface area contributed by atoms with E-state index in [9.17, 15) is 0 Å². The fourth-order valence-corrected chi connectivity index (χ4v) is 2.01. The number of rotatable bonds is 7. The molecule has 124 valence electrons. The molecule has 0 unspecified atom stereocenters. The van der Waals surface area contributed by atoms with Crippen LogP contribution in [0.1, 0.15) is 25.0 Å². The van der Waals surface area contributed by atoms with Gasteiger partial charge in [-0.15, -0.1) is 0 Å². The number of nitrogens with one attached hydrogen (secondary N) is 2. The summed E-state index contributed by atoms with van der Waals surface area (Å²) in [6, 6.07) is 6.77. The Bertz CT molecular complexity index is 486. The number of benzene rings is 1. The monoisotopic (exact) mass is 306 g/mol. The molecular formula is C17H30N4O. The molecule has 0 atom stereocenters. The summed E-state index contributed by atoms with van der Waals surface area (Å²) in [4.78, 5) is 6.55. The number of ether oxygens (including phenoxy) is 1. The maximum atomic E-state index is 5.42. The lowest BCUT2D eigenvalue weighted by Gasteiger charge is -2.21. The number of hydrogen-bond acceptors (Lipinski definition) is 3. The second kappa shape index (κ2) is 9.30. The standard InChI is InChI=1S/C17H30N4O/c1-13(2)21(5)10-9-19-17(18-4)20-12-15-8-7-14(3)11-16(15)22-6/h7-8,11,13H,9-10,12H2,1-6H3,(H2,18,19,20). The van der Waals surface area contributed by atoms with Gasteiger partial charge in [0.1, 0.15) is 5.75 Å². The average Bonchev–Trinajstić information content (AvgIpc) is 2.51. The Balaban J connectivity index is 2.48. The number of likely N-dealkylation sites (N-methyl/N-ethyl adjacent to an activating group) is 1. The van der Waals surface area contributed by atoms with Gasteiger partial charge in [0.05, 0.1) is 7.11 Å². The highest BCUT2D eigenvalue weighted by molar-refractivity contribution is 5.79. The molecule has 0 heterocycles. The van der Waals surface area contributed by atoms with Crippen LogP contribution in [-0.2, 0) is 6.54 Å². The maximum Gasteiger partial charge on any atom is 0.191 e. The third-order valence-corrected chi connectivity index (χ3v) is 3.75. The minimum absolute atomic E-state index is 0.550. The van der Waals surface area contributed by atoms with Crippen LogP contribution in [0.15, 0.2) is 23.2 Å². The van der Waals surface area contributed by atoms with E-state index >= 15 is 0 Å². The first kappa shape index (κ1) is 18.3. The molecular weight excluding hydrogens is 276 g/mol. The molecule has 0 radical (unpaired) electrons. The highest BCUT2D eigenvalue weighted by atomic mass is 16.5. The summed E-state index contributed by atoms with van der Waals surface area (Å²) in [6.07, 6.45) is 0. The van der Waals surface area contributed by atoms with E-state index in [0.717, 1.165) is 30.4 Å². The van der Waals surface area contributed by atoms with Gasteiger partial charge in [0, 0.05) is 38.3 Å². The Morgan fingerprint density at radius 2 is 2.05 bits per heavy atom. The number of aliphatic imine (C=N–C) groups is 1. The summed E-state index contributed by atoms with van der Waals surface area (Å²) in [7, 11) is 5.61. The molecule has 1 aromatic rings. The zero-order chi connectivity index (χ0) is 16.5. The van der Waals surface area contributed by atoms with Crippen molar-refractivity contribution >= 4 is 5.96 Å².